The molecule has 4 heterocycles. The molecular weight excluding hydrogens is 416 g/mol. The average Bonchev–Trinajstić information content (AvgIpc) is 3.41. The third-order valence-electron chi connectivity index (χ3n) is 5.92. The number of aromatic nitrogens is 2. The first-order valence-electron chi connectivity index (χ1n) is 10.4. The summed E-state index contributed by atoms with van der Waals surface area (Å²) < 4.78 is 10.8. The lowest BCUT2D eigenvalue weighted by atomic mass is 10.0. The standard InChI is InChI=1S/C22H24N4O4S/c1-13-18-20(23-9-14-5-6-16-17(8-14)30-12-29-16)24-11-25-21(18)31-19(13)22(28)26-7-3-2-4-15(26)10-27/h5-6,8,11,15,27H,2-4,7,9-10,12H2,1H3,(H,23,24,25). The van der Waals surface area contributed by atoms with Crippen LogP contribution in [-0.4, -0.2) is 51.9 Å². The smallest absolute Gasteiger partial charge is 0.264 e. The molecule has 2 aliphatic rings. The van der Waals surface area contributed by atoms with Crippen LogP contribution in [0.5, 0.6) is 11.5 Å². The van der Waals surface area contributed by atoms with Crippen LogP contribution in [0.15, 0.2) is 24.5 Å². The fraction of sp³-hybridized carbons (Fsp3) is 0.409. The van der Waals surface area contributed by atoms with Crippen molar-refractivity contribution < 1.29 is 19.4 Å². The zero-order chi connectivity index (χ0) is 21.4. The minimum atomic E-state index is -0.111. The molecular formula is C22H24N4O4S. The number of amides is 1. The van der Waals surface area contributed by atoms with Crippen LogP contribution in [0.1, 0.15) is 40.1 Å². The highest BCUT2D eigenvalue weighted by atomic mass is 32.1. The van der Waals surface area contributed by atoms with E-state index in [9.17, 15) is 9.90 Å². The van der Waals surface area contributed by atoms with Crippen LogP contribution in [0, 0.1) is 6.92 Å². The lowest BCUT2D eigenvalue weighted by Gasteiger charge is -2.34. The van der Waals surface area contributed by atoms with Gasteiger partial charge < -0.3 is 24.8 Å². The largest absolute Gasteiger partial charge is 0.454 e. The highest BCUT2D eigenvalue weighted by Crippen LogP contribution is 2.36. The maximum absolute atomic E-state index is 13.3. The highest BCUT2D eigenvalue weighted by molar-refractivity contribution is 7.20. The molecule has 1 fully saturated rings. The monoisotopic (exact) mass is 440 g/mol. The van der Waals surface area contributed by atoms with Crippen LogP contribution in [0.3, 0.4) is 0 Å². The minimum absolute atomic E-state index is 0.00216. The zero-order valence-electron chi connectivity index (χ0n) is 17.3. The number of thiophene rings is 1. The molecule has 1 amide bonds. The van der Waals surface area contributed by atoms with Crippen LogP contribution < -0.4 is 14.8 Å². The molecule has 8 nitrogen and oxygen atoms in total. The van der Waals surface area contributed by atoms with E-state index in [0.29, 0.717) is 23.8 Å². The van der Waals surface area contributed by atoms with Crippen molar-refractivity contribution in [3.8, 4) is 11.5 Å². The Labute approximate surface area is 183 Å². The van der Waals surface area contributed by atoms with E-state index < -0.39 is 0 Å². The maximum atomic E-state index is 13.3. The number of aryl methyl sites for hydroxylation is 1. The second-order valence-electron chi connectivity index (χ2n) is 7.83. The number of hydrogen-bond donors (Lipinski definition) is 2. The Morgan fingerprint density at radius 1 is 1.29 bits per heavy atom. The predicted octanol–water partition coefficient (Wildman–Crippen LogP) is 3.33. The number of hydrogen-bond acceptors (Lipinski definition) is 8. The number of ether oxygens (including phenoxy) is 2. The number of likely N-dealkylation sites (tertiary alicyclic amines) is 1. The Morgan fingerprint density at radius 3 is 3.03 bits per heavy atom. The van der Waals surface area contributed by atoms with Gasteiger partial charge in [0, 0.05) is 13.1 Å². The number of fused-ring (bicyclic) bond motifs is 2. The number of benzene rings is 1. The molecule has 1 saturated heterocycles. The van der Waals surface area contributed by atoms with Crippen molar-refractivity contribution >= 4 is 33.3 Å². The Kier molecular flexibility index (Phi) is 5.37. The third-order valence-corrected chi connectivity index (χ3v) is 7.10. The van der Waals surface area contributed by atoms with Crippen LogP contribution in [0.25, 0.3) is 10.2 Å². The summed E-state index contributed by atoms with van der Waals surface area (Å²) in [5.41, 5.74) is 1.92. The first-order chi connectivity index (χ1) is 15.2. The topological polar surface area (TPSA) is 96.8 Å². The maximum Gasteiger partial charge on any atom is 0.264 e. The summed E-state index contributed by atoms with van der Waals surface area (Å²) in [7, 11) is 0. The second-order valence-corrected chi connectivity index (χ2v) is 8.83. The molecule has 0 aliphatic carbocycles. The van der Waals surface area contributed by atoms with Crippen LogP contribution in [-0.2, 0) is 6.54 Å². The van der Waals surface area contributed by atoms with Crippen molar-refractivity contribution in [1.29, 1.82) is 0 Å². The number of aliphatic hydroxyl groups excluding tert-OH is 1. The summed E-state index contributed by atoms with van der Waals surface area (Å²) in [6.45, 7) is 3.42. The third kappa shape index (κ3) is 3.68. The molecule has 1 aromatic carbocycles. The Morgan fingerprint density at radius 2 is 2.16 bits per heavy atom. The fourth-order valence-corrected chi connectivity index (χ4v) is 5.34. The second kappa shape index (κ2) is 8.32. The van der Waals surface area contributed by atoms with Gasteiger partial charge in [-0.1, -0.05) is 6.07 Å². The Balaban J connectivity index is 1.41. The van der Waals surface area contributed by atoms with Gasteiger partial charge in [-0.3, -0.25) is 4.79 Å². The molecule has 1 atom stereocenters. The van der Waals surface area contributed by atoms with E-state index in [1.807, 2.05) is 30.0 Å². The van der Waals surface area contributed by atoms with Gasteiger partial charge in [-0.2, -0.15) is 0 Å². The SMILES string of the molecule is Cc1c(C(=O)N2CCCCC2CO)sc2ncnc(NCc3ccc4c(c3)OCO4)c12. The molecule has 5 rings (SSSR count). The Hall–Kier alpha value is -2.91. The zero-order valence-corrected chi connectivity index (χ0v) is 18.1. The molecule has 0 spiro atoms. The minimum Gasteiger partial charge on any atom is -0.454 e. The molecule has 9 heteroatoms. The van der Waals surface area contributed by atoms with Gasteiger partial charge in [-0.25, -0.2) is 9.97 Å². The van der Waals surface area contributed by atoms with Crippen molar-refractivity contribution in [1.82, 2.24) is 14.9 Å². The lowest BCUT2D eigenvalue weighted by molar-refractivity contribution is 0.0507. The number of nitrogens with zero attached hydrogens (tertiary/aromatic N) is 3. The van der Waals surface area contributed by atoms with Crippen LogP contribution in [0.4, 0.5) is 5.82 Å². The van der Waals surface area contributed by atoms with Gasteiger partial charge in [-0.15, -0.1) is 11.3 Å². The molecule has 2 N–H and O–H groups in total. The molecule has 162 valence electrons. The number of anilines is 1. The van der Waals surface area contributed by atoms with E-state index in [4.69, 9.17) is 9.47 Å². The molecule has 3 aromatic rings. The lowest BCUT2D eigenvalue weighted by Crippen LogP contribution is -2.45. The number of rotatable bonds is 5. The van der Waals surface area contributed by atoms with E-state index in [1.165, 1.54) is 17.7 Å². The van der Waals surface area contributed by atoms with Crippen molar-refractivity contribution in [3.05, 3.63) is 40.5 Å². The van der Waals surface area contributed by atoms with Gasteiger partial charge in [0.15, 0.2) is 11.5 Å². The van der Waals surface area contributed by atoms with Crippen molar-refractivity contribution in [2.24, 2.45) is 0 Å². The van der Waals surface area contributed by atoms with E-state index >= 15 is 0 Å². The summed E-state index contributed by atoms with van der Waals surface area (Å²) in [6.07, 6.45) is 4.37. The van der Waals surface area contributed by atoms with Crippen molar-refractivity contribution in [2.45, 2.75) is 38.8 Å². The van der Waals surface area contributed by atoms with Crippen molar-refractivity contribution in [2.75, 3.05) is 25.3 Å². The van der Waals surface area contributed by atoms with E-state index in [2.05, 4.69) is 15.3 Å². The molecule has 2 aliphatic heterocycles. The molecule has 31 heavy (non-hydrogen) atoms. The molecule has 2 aromatic heterocycles. The highest BCUT2D eigenvalue weighted by Gasteiger charge is 2.30. The van der Waals surface area contributed by atoms with Gasteiger partial charge in [0.25, 0.3) is 5.91 Å². The first kappa shape index (κ1) is 20.0. The van der Waals surface area contributed by atoms with Gasteiger partial charge >= 0.3 is 0 Å². The average molecular weight is 441 g/mol. The fourth-order valence-electron chi connectivity index (χ4n) is 4.23. The summed E-state index contributed by atoms with van der Waals surface area (Å²) in [4.78, 5) is 25.4. The molecule has 0 saturated carbocycles. The number of carbonyl (C=O) groups excluding carboxylic acids is 1. The van der Waals surface area contributed by atoms with Gasteiger partial charge in [-0.05, 0) is 49.4 Å². The summed E-state index contributed by atoms with van der Waals surface area (Å²) in [6, 6.07) is 5.73. The van der Waals surface area contributed by atoms with Crippen LogP contribution in [0.2, 0.25) is 0 Å². The van der Waals surface area contributed by atoms with E-state index in [-0.39, 0.29) is 25.3 Å². The van der Waals surface area contributed by atoms with Crippen LogP contribution >= 0.6 is 11.3 Å². The molecule has 1 unspecified atom stereocenters. The number of aliphatic hydroxyl groups is 1. The van der Waals surface area contributed by atoms with Gasteiger partial charge in [0.05, 0.1) is 22.9 Å². The Bertz CT molecular complexity index is 1130. The quantitative estimate of drug-likeness (QED) is 0.628. The van der Waals surface area contributed by atoms with E-state index in [0.717, 1.165) is 52.1 Å². The van der Waals surface area contributed by atoms with E-state index in [1.54, 1.807) is 0 Å². The van der Waals surface area contributed by atoms with Gasteiger partial charge in [0.2, 0.25) is 6.79 Å². The summed E-state index contributed by atoms with van der Waals surface area (Å²) in [5, 5.41) is 14.0. The number of carbonyl (C=O) groups is 1. The normalized spacial score (nSPS) is 17.9. The van der Waals surface area contributed by atoms with Gasteiger partial charge in [0.1, 0.15) is 17.0 Å². The summed E-state index contributed by atoms with van der Waals surface area (Å²) in [5.74, 6) is 2.17. The molecule has 0 radical (unpaired) electrons. The predicted molar refractivity (Wildman–Crippen MR) is 118 cm³/mol. The number of piperidine rings is 1. The van der Waals surface area contributed by atoms with Crippen molar-refractivity contribution in [3.63, 3.8) is 0 Å². The molecule has 0 bridgehead atoms. The first-order valence-corrected chi connectivity index (χ1v) is 11.3. The number of nitrogens with one attached hydrogen (secondary N) is 1. The summed E-state index contributed by atoms with van der Waals surface area (Å²) >= 11 is 1.39.